The van der Waals surface area contributed by atoms with E-state index in [0.717, 1.165) is 12.8 Å². The molecule has 0 bridgehead atoms. The average Bonchev–Trinajstić information content (AvgIpc) is 3.66. The molecule has 1 aromatic heterocycles. The van der Waals surface area contributed by atoms with Gasteiger partial charge in [0.15, 0.2) is 0 Å². The van der Waals surface area contributed by atoms with Gasteiger partial charge >= 0.3 is 0 Å². The Morgan fingerprint density at radius 2 is 2.06 bits per heavy atom. The molecule has 1 aromatic carbocycles. The Morgan fingerprint density at radius 1 is 1.33 bits per heavy atom. The van der Waals surface area contributed by atoms with E-state index in [4.69, 9.17) is 4.74 Å². The van der Waals surface area contributed by atoms with Gasteiger partial charge in [-0.15, -0.1) is 0 Å². The van der Waals surface area contributed by atoms with Gasteiger partial charge in [-0.05, 0) is 31.9 Å². The molecule has 1 aliphatic carbocycles. The summed E-state index contributed by atoms with van der Waals surface area (Å²) in [5.74, 6) is -0.499. The SMILES string of the molecule is C[C@@H]1CN([C@H](C)CO)C(=O)c2cc(-c3ccccc3F)cnc2O[C@H]1CN(C)C(=O)C1CC1. The summed E-state index contributed by atoms with van der Waals surface area (Å²) in [5, 5.41) is 9.78. The van der Waals surface area contributed by atoms with Crippen LogP contribution in [0.25, 0.3) is 11.1 Å². The summed E-state index contributed by atoms with van der Waals surface area (Å²) in [7, 11) is 1.77. The summed E-state index contributed by atoms with van der Waals surface area (Å²) in [5.41, 5.74) is 1.01. The normalized spacial score (nSPS) is 21.5. The minimum absolute atomic E-state index is 0.0973. The molecule has 1 N–H and O–H groups in total. The number of aliphatic hydroxyl groups is 1. The van der Waals surface area contributed by atoms with E-state index in [-0.39, 0.29) is 41.7 Å². The second kappa shape index (κ2) is 9.47. The summed E-state index contributed by atoms with van der Waals surface area (Å²) in [6.45, 7) is 4.25. The number of nitrogens with zero attached hydrogens (tertiary/aromatic N) is 3. The maximum Gasteiger partial charge on any atom is 0.259 e. The van der Waals surface area contributed by atoms with Crippen molar-refractivity contribution in [1.29, 1.82) is 0 Å². The van der Waals surface area contributed by atoms with Crippen LogP contribution in [0.3, 0.4) is 0 Å². The second-order valence-corrected chi connectivity index (χ2v) is 9.17. The number of pyridine rings is 1. The summed E-state index contributed by atoms with van der Waals surface area (Å²) in [6, 6.07) is 7.47. The summed E-state index contributed by atoms with van der Waals surface area (Å²) in [6.07, 6.45) is 2.94. The molecule has 0 saturated heterocycles. The van der Waals surface area contributed by atoms with Crippen LogP contribution in [0, 0.1) is 17.7 Å². The number of aromatic nitrogens is 1. The molecule has 2 aliphatic rings. The molecule has 2 heterocycles. The van der Waals surface area contributed by atoms with Crippen molar-refractivity contribution in [3.63, 3.8) is 0 Å². The number of rotatable bonds is 6. The van der Waals surface area contributed by atoms with Gasteiger partial charge in [0.1, 0.15) is 17.5 Å². The van der Waals surface area contributed by atoms with Crippen LogP contribution in [-0.2, 0) is 4.79 Å². The number of carbonyl (C=O) groups is 2. The van der Waals surface area contributed by atoms with Crippen LogP contribution in [0.4, 0.5) is 4.39 Å². The fraction of sp³-hybridized carbons (Fsp3) is 0.480. The van der Waals surface area contributed by atoms with Gasteiger partial charge in [0.25, 0.3) is 5.91 Å². The van der Waals surface area contributed by atoms with Gasteiger partial charge < -0.3 is 19.6 Å². The summed E-state index contributed by atoms with van der Waals surface area (Å²) in [4.78, 5) is 33.7. The van der Waals surface area contributed by atoms with Crippen molar-refractivity contribution < 1.29 is 23.8 Å². The Labute approximate surface area is 193 Å². The summed E-state index contributed by atoms with van der Waals surface area (Å²) >= 11 is 0. The van der Waals surface area contributed by atoms with Crippen LogP contribution in [-0.4, -0.2) is 70.6 Å². The molecular formula is C25H30FN3O4. The molecule has 176 valence electrons. The number of hydrogen-bond donors (Lipinski definition) is 1. The van der Waals surface area contributed by atoms with Gasteiger partial charge in [0, 0.05) is 42.8 Å². The first-order valence-electron chi connectivity index (χ1n) is 11.4. The molecule has 1 aliphatic heterocycles. The van der Waals surface area contributed by atoms with Crippen LogP contribution in [0.2, 0.25) is 0 Å². The standard InChI is InChI=1S/C25H30FN3O4/c1-15-12-29(16(2)14-30)25(32)20-10-18(19-6-4-5-7-21(19)26)11-27-23(20)33-22(15)13-28(3)24(31)17-8-9-17/h4-7,10-11,15-17,22,30H,8-9,12-14H2,1-3H3/t15-,16-,22+/m1/s1. The third-order valence-corrected chi connectivity index (χ3v) is 6.46. The van der Waals surface area contributed by atoms with E-state index >= 15 is 0 Å². The van der Waals surface area contributed by atoms with Crippen molar-refractivity contribution in [2.24, 2.45) is 11.8 Å². The monoisotopic (exact) mass is 455 g/mol. The number of likely N-dealkylation sites (N-methyl/N-ethyl adjacent to an activating group) is 1. The molecule has 0 unspecified atom stereocenters. The van der Waals surface area contributed by atoms with E-state index in [0.29, 0.717) is 24.2 Å². The highest BCUT2D eigenvalue weighted by molar-refractivity contribution is 5.98. The number of halogens is 1. The lowest BCUT2D eigenvalue weighted by atomic mass is 9.99. The molecule has 8 heteroatoms. The maximum absolute atomic E-state index is 14.4. The van der Waals surface area contributed by atoms with Crippen LogP contribution >= 0.6 is 0 Å². The quantitative estimate of drug-likeness (QED) is 0.724. The number of hydrogen-bond acceptors (Lipinski definition) is 5. The van der Waals surface area contributed by atoms with Crippen molar-refractivity contribution in [3.05, 3.63) is 47.9 Å². The molecule has 1 saturated carbocycles. The van der Waals surface area contributed by atoms with Crippen LogP contribution in [0.5, 0.6) is 5.88 Å². The first-order valence-corrected chi connectivity index (χ1v) is 11.4. The number of aliphatic hydroxyl groups excluding tert-OH is 1. The second-order valence-electron chi connectivity index (χ2n) is 9.17. The number of benzene rings is 1. The fourth-order valence-electron chi connectivity index (χ4n) is 4.16. The molecule has 1 fully saturated rings. The minimum atomic E-state index is -0.422. The van der Waals surface area contributed by atoms with Gasteiger partial charge in [0.2, 0.25) is 11.8 Å². The number of amides is 2. The number of ether oxygens (including phenoxy) is 1. The largest absolute Gasteiger partial charge is 0.472 e. The fourth-order valence-corrected chi connectivity index (χ4v) is 4.16. The van der Waals surface area contributed by atoms with Crippen molar-refractivity contribution in [2.75, 3.05) is 26.7 Å². The van der Waals surface area contributed by atoms with E-state index in [1.54, 1.807) is 48.0 Å². The highest BCUT2D eigenvalue weighted by atomic mass is 19.1. The van der Waals surface area contributed by atoms with Crippen molar-refractivity contribution >= 4 is 11.8 Å². The van der Waals surface area contributed by atoms with Gasteiger partial charge in [-0.1, -0.05) is 25.1 Å². The molecule has 2 amide bonds. The van der Waals surface area contributed by atoms with Gasteiger partial charge in [-0.2, -0.15) is 0 Å². The Morgan fingerprint density at radius 3 is 2.73 bits per heavy atom. The van der Waals surface area contributed by atoms with Crippen LogP contribution in [0.15, 0.2) is 36.5 Å². The molecule has 0 radical (unpaired) electrons. The number of carbonyl (C=O) groups excluding carboxylic acids is 2. The molecular weight excluding hydrogens is 425 g/mol. The van der Waals surface area contributed by atoms with Gasteiger partial charge in [0.05, 0.1) is 19.2 Å². The first kappa shape index (κ1) is 23.2. The minimum Gasteiger partial charge on any atom is -0.472 e. The zero-order valence-corrected chi connectivity index (χ0v) is 19.2. The third-order valence-electron chi connectivity index (χ3n) is 6.46. The highest BCUT2D eigenvalue weighted by Crippen LogP contribution is 2.33. The zero-order chi connectivity index (χ0) is 23.7. The van der Waals surface area contributed by atoms with Crippen LogP contribution in [0.1, 0.15) is 37.0 Å². The first-order chi connectivity index (χ1) is 15.8. The Hall–Kier alpha value is -3.00. The smallest absolute Gasteiger partial charge is 0.259 e. The Balaban J connectivity index is 1.71. The van der Waals surface area contributed by atoms with Gasteiger partial charge in [-0.3, -0.25) is 9.59 Å². The van der Waals surface area contributed by atoms with E-state index in [9.17, 15) is 19.1 Å². The molecule has 3 atom stereocenters. The molecule has 4 rings (SSSR count). The van der Waals surface area contributed by atoms with Crippen LogP contribution < -0.4 is 4.74 Å². The predicted molar refractivity (Wildman–Crippen MR) is 121 cm³/mol. The van der Waals surface area contributed by atoms with E-state index in [2.05, 4.69) is 4.98 Å². The Bertz CT molecular complexity index is 1040. The lowest BCUT2D eigenvalue weighted by Crippen LogP contribution is -2.50. The van der Waals surface area contributed by atoms with E-state index in [1.165, 1.54) is 12.3 Å². The topological polar surface area (TPSA) is 83.0 Å². The molecule has 2 aromatic rings. The zero-order valence-electron chi connectivity index (χ0n) is 19.2. The van der Waals surface area contributed by atoms with E-state index < -0.39 is 18.0 Å². The van der Waals surface area contributed by atoms with Crippen molar-refractivity contribution in [1.82, 2.24) is 14.8 Å². The lowest BCUT2D eigenvalue weighted by Gasteiger charge is -2.37. The average molecular weight is 456 g/mol. The number of fused-ring (bicyclic) bond motifs is 1. The van der Waals surface area contributed by atoms with Gasteiger partial charge in [-0.25, -0.2) is 9.37 Å². The molecule has 0 spiro atoms. The summed E-state index contributed by atoms with van der Waals surface area (Å²) < 4.78 is 20.6. The van der Waals surface area contributed by atoms with Crippen molar-refractivity contribution in [3.8, 4) is 17.0 Å². The van der Waals surface area contributed by atoms with Crippen molar-refractivity contribution in [2.45, 2.75) is 38.8 Å². The Kier molecular flexibility index (Phi) is 6.65. The highest BCUT2D eigenvalue weighted by Gasteiger charge is 2.37. The third kappa shape index (κ3) is 4.85. The predicted octanol–water partition coefficient (Wildman–Crippen LogP) is 2.98. The maximum atomic E-state index is 14.4. The van der Waals surface area contributed by atoms with E-state index in [1.807, 2.05) is 6.92 Å². The molecule has 7 nitrogen and oxygen atoms in total. The molecule has 33 heavy (non-hydrogen) atoms. The lowest BCUT2D eigenvalue weighted by molar-refractivity contribution is -0.132.